The van der Waals surface area contributed by atoms with Crippen LogP contribution >= 0.6 is 0 Å². The Kier molecular flexibility index (Phi) is 11.4. The summed E-state index contributed by atoms with van der Waals surface area (Å²) in [5, 5.41) is 2.27. The predicted molar refractivity (Wildman–Crippen MR) is 276 cm³/mol. The first-order valence-electron chi connectivity index (χ1n) is 22.8. The highest BCUT2D eigenvalue weighted by Gasteiger charge is 2.26. The van der Waals surface area contributed by atoms with Crippen molar-refractivity contribution in [1.82, 2.24) is 15.0 Å². The van der Waals surface area contributed by atoms with Gasteiger partial charge >= 0.3 is 0 Å². The van der Waals surface area contributed by atoms with Crippen molar-refractivity contribution < 1.29 is 0 Å². The van der Waals surface area contributed by atoms with Crippen LogP contribution < -0.4 is 4.90 Å². The Labute approximate surface area is 389 Å². The molecule has 0 saturated carbocycles. The van der Waals surface area contributed by atoms with Crippen LogP contribution in [0.15, 0.2) is 200 Å². The summed E-state index contributed by atoms with van der Waals surface area (Å²) in [5.74, 6) is 1.76. The van der Waals surface area contributed by atoms with E-state index in [4.69, 9.17) is 15.0 Å². The Bertz CT molecular complexity index is 3240. The molecule has 0 spiro atoms. The number of fused-ring (bicyclic) bond motifs is 1. The van der Waals surface area contributed by atoms with Gasteiger partial charge in [0.15, 0.2) is 11.6 Å². The molecule has 0 radical (unpaired) electrons. The van der Waals surface area contributed by atoms with Gasteiger partial charge in [-0.1, -0.05) is 175 Å². The second-order valence-electron chi connectivity index (χ2n) is 17.7. The maximum Gasteiger partial charge on any atom is 0.238 e. The molecule has 0 atom stereocenters. The first-order valence-corrected chi connectivity index (χ1v) is 22.8. The second kappa shape index (κ2) is 17.9. The fraction of sp³-hybridized carbons (Fsp3) is 0.113. The summed E-state index contributed by atoms with van der Waals surface area (Å²) in [6.07, 6.45) is 0. The van der Waals surface area contributed by atoms with E-state index in [2.05, 4.69) is 228 Å². The summed E-state index contributed by atoms with van der Waals surface area (Å²) in [7, 11) is 0. The molecule has 10 aromatic rings. The summed E-state index contributed by atoms with van der Waals surface area (Å²) in [4.78, 5) is 18.3. The number of rotatable bonds is 10. The lowest BCUT2D eigenvalue weighted by Crippen LogP contribution is -2.16. The number of hydrogen-bond donors (Lipinski definition) is 0. The Morgan fingerprint density at radius 3 is 1.27 bits per heavy atom. The lowest BCUT2D eigenvalue weighted by Gasteiger charge is -2.28. The Balaban J connectivity index is 1.19. The van der Waals surface area contributed by atoms with Gasteiger partial charge in [0.05, 0.1) is 0 Å². The molecule has 0 fully saturated rings. The molecule has 0 unspecified atom stereocenters. The van der Waals surface area contributed by atoms with Crippen molar-refractivity contribution in [2.24, 2.45) is 0 Å². The maximum absolute atomic E-state index is 5.48. The number of aryl methyl sites for hydroxylation is 6. The lowest BCUT2D eigenvalue weighted by molar-refractivity contribution is 0.919. The zero-order valence-electron chi connectivity index (χ0n) is 38.4. The van der Waals surface area contributed by atoms with Gasteiger partial charge in [-0.2, -0.15) is 9.97 Å². The average molecular weight is 853 g/mol. The van der Waals surface area contributed by atoms with Crippen molar-refractivity contribution in [3.8, 4) is 45.0 Å². The van der Waals surface area contributed by atoms with Crippen LogP contribution in [0.1, 0.15) is 56.0 Å². The molecule has 1 heterocycles. The molecule has 320 valence electrons. The highest BCUT2D eigenvalue weighted by Crippen LogP contribution is 2.43. The summed E-state index contributed by atoms with van der Waals surface area (Å²) in [6, 6.07) is 71.4. The highest BCUT2D eigenvalue weighted by molar-refractivity contribution is 5.95. The smallest absolute Gasteiger partial charge is 0.238 e. The van der Waals surface area contributed by atoms with Gasteiger partial charge in [-0.3, -0.25) is 4.90 Å². The van der Waals surface area contributed by atoms with E-state index in [0.717, 1.165) is 55.5 Å². The standard InChI is InChI=1S/C62H52N4/c1-40-34-42(3)57(43(4)35-40)59(58-44(5)36-41(2)37-45(58)6)49-28-32-54(33-29-49)66(53-30-26-47(27-31-53)46-18-10-7-11-19-46)62-64-60(50-22-14-9-15-23-50)63-61(65-62)56-39-52-25-17-16-24-51(52)38-55(56)48-20-12-8-13-21-48/h7-39,59H,1-6H3. The molecule has 0 bridgehead atoms. The molecule has 9 aromatic carbocycles. The number of anilines is 3. The molecule has 0 aliphatic heterocycles. The largest absolute Gasteiger partial charge is 0.279 e. The van der Waals surface area contributed by atoms with Gasteiger partial charge in [-0.15, -0.1) is 0 Å². The van der Waals surface area contributed by atoms with Crippen molar-refractivity contribution in [2.45, 2.75) is 47.5 Å². The number of aromatic nitrogens is 3. The molecule has 0 amide bonds. The summed E-state index contributed by atoms with van der Waals surface area (Å²) in [6.45, 7) is 13.4. The minimum Gasteiger partial charge on any atom is -0.279 e. The average Bonchev–Trinajstić information content (AvgIpc) is 3.34. The third-order valence-corrected chi connectivity index (χ3v) is 12.8. The van der Waals surface area contributed by atoms with Crippen LogP contribution in [0.4, 0.5) is 17.3 Å². The van der Waals surface area contributed by atoms with Crippen molar-refractivity contribution in [3.05, 3.63) is 250 Å². The zero-order chi connectivity index (χ0) is 45.3. The van der Waals surface area contributed by atoms with Crippen LogP contribution in [-0.4, -0.2) is 15.0 Å². The first-order chi connectivity index (χ1) is 32.2. The predicted octanol–water partition coefficient (Wildman–Crippen LogP) is 16.2. The van der Waals surface area contributed by atoms with Crippen molar-refractivity contribution in [1.29, 1.82) is 0 Å². The van der Waals surface area contributed by atoms with Crippen molar-refractivity contribution >= 4 is 28.1 Å². The number of benzene rings is 9. The van der Waals surface area contributed by atoms with Gasteiger partial charge in [0.1, 0.15) is 0 Å². The molecule has 0 aliphatic carbocycles. The van der Waals surface area contributed by atoms with Crippen LogP contribution in [0.25, 0.3) is 55.8 Å². The molecule has 0 saturated heterocycles. The minimum atomic E-state index is 0.0385. The Hall–Kier alpha value is -7.95. The SMILES string of the molecule is Cc1cc(C)c(C(c2ccc(N(c3ccc(-c4ccccc4)cc3)c3nc(-c4ccccc4)nc(-c4cc5ccccc5cc4-c4ccccc4)n3)cc2)c2c(C)cc(C)cc2C)c(C)c1. The minimum absolute atomic E-state index is 0.0385. The van der Waals surface area contributed by atoms with E-state index in [9.17, 15) is 0 Å². The molecule has 4 heteroatoms. The van der Waals surface area contributed by atoms with E-state index >= 15 is 0 Å². The van der Waals surface area contributed by atoms with Gasteiger partial charge in [-0.25, -0.2) is 4.98 Å². The molecule has 4 nitrogen and oxygen atoms in total. The lowest BCUT2D eigenvalue weighted by atomic mass is 9.77. The first kappa shape index (κ1) is 42.0. The van der Waals surface area contributed by atoms with Gasteiger partial charge < -0.3 is 0 Å². The molecule has 1 aromatic heterocycles. The monoisotopic (exact) mass is 852 g/mol. The third-order valence-electron chi connectivity index (χ3n) is 12.8. The van der Waals surface area contributed by atoms with Crippen LogP contribution in [0.2, 0.25) is 0 Å². The summed E-state index contributed by atoms with van der Waals surface area (Å²) in [5.41, 5.74) is 19.9. The maximum atomic E-state index is 5.48. The van der Waals surface area contributed by atoms with Gasteiger partial charge in [0.2, 0.25) is 5.95 Å². The van der Waals surface area contributed by atoms with Crippen LogP contribution in [0, 0.1) is 41.5 Å². The normalized spacial score (nSPS) is 11.3. The van der Waals surface area contributed by atoms with E-state index in [1.165, 1.54) is 50.1 Å². The van der Waals surface area contributed by atoms with E-state index in [-0.39, 0.29) is 5.92 Å². The molecule has 66 heavy (non-hydrogen) atoms. The van der Waals surface area contributed by atoms with Crippen molar-refractivity contribution in [2.75, 3.05) is 4.90 Å². The van der Waals surface area contributed by atoms with Crippen LogP contribution in [-0.2, 0) is 0 Å². The zero-order valence-corrected chi connectivity index (χ0v) is 38.4. The fourth-order valence-electron chi connectivity index (χ4n) is 9.98. The molecule has 0 aliphatic rings. The third kappa shape index (κ3) is 8.30. The number of nitrogens with zero attached hydrogens (tertiary/aromatic N) is 4. The van der Waals surface area contributed by atoms with Gasteiger partial charge in [0, 0.05) is 28.4 Å². The Morgan fingerprint density at radius 1 is 0.348 bits per heavy atom. The van der Waals surface area contributed by atoms with Crippen molar-refractivity contribution in [3.63, 3.8) is 0 Å². The summed E-state index contributed by atoms with van der Waals surface area (Å²) < 4.78 is 0. The Morgan fingerprint density at radius 2 is 0.758 bits per heavy atom. The molecular weight excluding hydrogens is 801 g/mol. The summed E-state index contributed by atoms with van der Waals surface area (Å²) >= 11 is 0. The number of hydrogen-bond acceptors (Lipinski definition) is 4. The molecular formula is C62H52N4. The van der Waals surface area contributed by atoms with Crippen LogP contribution in [0.5, 0.6) is 0 Å². The quantitative estimate of drug-likeness (QED) is 0.129. The fourth-order valence-corrected chi connectivity index (χ4v) is 9.98. The topological polar surface area (TPSA) is 41.9 Å². The van der Waals surface area contributed by atoms with Crippen LogP contribution in [0.3, 0.4) is 0 Å². The van der Waals surface area contributed by atoms with E-state index < -0.39 is 0 Å². The highest BCUT2D eigenvalue weighted by atomic mass is 15.3. The second-order valence-corrected chi connectivity index (χ2v) is 17.7. The van der Waals surface area contributed by atoms with Gasteiger partial charge in [-0.05, 0) is 150 Å². The van der Waals surface area contributed by atoms with E-state index in [0.29, 0.717) is 17.6 Å². The van der Waals surface area contributed by atoms with E-state index in [1.54, 1.807) is 0 Å². The molecule has 0 N–H and O–H groups in total. The van der Waals surface area contributed by atoms with E-state index in [1.807, 2.05) is 18.2 Å². The molecule has 10 rings (SSSR count). The van der Waals surface area contributed by atoms with Gasteiger partial charge in [0.25, 0.3) is 0 Å².